The zero-order valence-electron chi connectivity index (χ0n) is 9.53. The lowest BCUT2D eigenvalue weighted by atomic mass is 10.3. The number of carbonyl (C=O) groups excluding carboxylic acids is 1. The molecule has 0 saturated heterocycles. The summed E-state index contributed by atoms with van der Waals surface area (Å²) < 4.78 is 0. The van der Waals surface area contributed by atoms with E-state index in [1.54, 1.807) is 32.6 Å². The van der Waals surface area contributed by atoms with Crippen LogP contribution >= 0.6 is 0 Å². The van der Waals surface area contributed by atoms with Crippen LogP contribution in [0.1, 0.15) is 0 Å². The standard InChI is InChI=1S/C10H17N5O/c1-15(2)10(16)14-6-5-13-9-3-4-12-7-8(9)11/h3-4,7H,5-6,11H2,1-2H3,(H,12,13)(H,14,16). The number of nitrogens with zero attached hydrogens (tertiary/aromatic N) is 2. The summed E-state index contributed by atoms with van der Waals surface area (Å²) in [5, 5.41) is 5.85. The van der Waals surface area contributed by atoms with E-state index in [-0.39, 0.29) is 6.03 Å². The molecule has 4 N–H and O–H groups in total. The molecule has 0 saturated carbocycles. The van der Waals surface area contributed by atoms with Crippen molar-refractivity contribution in [2.24, 2.45) is 0 Å². The summed E-state index contributed by atoms with van der Waals surface area (Å²) in [6.45, 7) is 1.16. The molecule has 1 aromatic heterocycles. The molecule has 2 amide bonds. The van der Waals surface area contributed by atoms with E-state index in [1.165, 1.54) is 4.90 Å². The molecule has 0 aromatic carbocycles. The highest BCUT2D eigenvalue weighted by Gasteiger charge is 2.01. The Labute approximate surface area is 94.8 Å². The lowest BCUT2D eigenvalue weighted by molar-refractivity contribution is 0.218. The monoisotopic (exact) mass is 223 g/mol. The molecule has 88 valence electrons. The number of anilines is 2. The minimum atomic E-state index is -0.107. The molecule has 0 aliphatic rings. The number of nitrogen functional groups attached to an aromatic ring is 1. The fourth-order valence-electron chi connectivity index (χ4n) is 1.09. The molecule has 0 spiro atoms. The first kappa shape index (κ1) is 12.1. The highest BCUT2D eigenvalue weighted by Crippen LogP contribution is 2.13. The Hall–Kier alpha value is -1.98. The number of urea groups is 1. The number of pyridine rings is 1. The Kier molecular flexibility index (Phi) is 4.38. The zero-order chi connectivity index (χ0) is 12.0. The van der Waals surface area contributed by atoms with Gasteiger partial charge in [0.15, 0.2) is 0 Å². The van der Waals surface area contributed by atoms with E-state index < -0.39 is 0 Å². The molecule has 0 radical (unpaired) electrons. The van der Waals surface area contributed by atoms with Crippen LogP contribution in [0, 0.1) is 0 Å². The first-order valence-corrected chi connectivity index (χ1v) is 5.00. The Bertz CT molecular complexity index is 353. The minimum absolute atomic E-state index is 0.107. The van der Waals surface area contributed by atoms with Crippen molar-refractivity contribution in [3.63, 3.8) is 0 Å². The highest BCUT2D eigenvalue weighted by molar-refractivity contribution is 5.73. The molecule has 6 nitrogen and oxygen atoms in total. The second-order valence-corrected chi connectivity index (χ2v) is 3.52. The molecule has 0 bridgehead atoms. The maximum absolute atomic E-state index is 11.2. The van der Waals surface area contributed by atoms with Gasteiger partial charge in [-0.1, -0.05) is 0 Å². The fourth-order valence-corrected chi connectivity index (χ4v) is 1.09. The third-order valence-corrected chi connectivity index (χ3v) is 1.97. The second-order valence-electron chi connectivity index (χ2n) is 3.52. The van der Waals surface area contributed by atoms with Crippen LogP contribution in [0.2, 0.25) is 0 Å². The van der Waals surface area contributed by atoms with E-state index in [0.717, 1.165) is 5.69 Å². The Morgan fingerprint density at radius 3 is 2.88 bits per heavy atom. The van der Waals surface area contributed by atoms with Gasteiger partial charge in [-0.25, -0.2) is 4.79 Å². The largest absolute Gasteiger partial charge is 0.396 e. The van der Waals surface area contributed by atoms with Gasteiger partial charge in [0, 0.05) is 33.4 Å². The van der Waals surface area contributed by atoms with Crippen LogP contribution in [0.4, 0.5) is 16.2 Å². The number of rotatable bonds is 4. The number of hydrogen-bond donors (Lipinski definition) is 3. The summed E-state index contributed by atoms with van der Waals surface area (Å²) >= 11 is 0. The molecule has 1 heterocycles. The second kappa shape index (κ2) is 5.79. The van der Waals surface area contributed by atoms with Gasteiger partial charge in [-0.05, 0) is 6.07 Å². The van der Waals surface area contributed by atoms with Crippen LogP contribution in [0.15, 0.2) is 18.5 Å². The van der Waals surface area contributed by atoms with E-state index in [1.807, 2.05) is 0 Å². The molecule has 0 atom stereocenters. The van der Waals surface area contributed by atoms with Crippen LogP contribution < -0.4 is 16.4 Å². The molecule has 0 aliphatic carbocycles. The summed E-state index contributed by atoms with van der Waals surface area (Å²) in [5.41, 5.74) is 7.12. The predicted octanol–water partition coefficient (Wildman–Crippen LogP) is 0.347. The maximum atomic E-state index is 11.2. The topological polar surface area (TPSA) is 83.3 Å². The quantitative estimate of drug-likeness (QED) is 0.643. The van der Waals surface area contributed by atoms with Crippen LogP contribution in [-0.2, 0) is 0 Å². The van der Waals surface area contributed by atoms with E-state index in [0.29, 0.717) is 18.8 Å². The molecule has 0 aliphatic heterocycles. The minimum Gasteiger partial charge on any atom is -0.396 e. The number of aromatic nitrogens is 1. The van der Waals surface area contributed by atoms with Crippen molar-refractivity contribution < 1.29 is 4.79 Å². The first-order chi connectivity index (χ1) is 7.61. The molecule has 1 rings (SSSR count). The molecular weight excluding hydrogens is 206 g/mol. The van der Waals surface area contributed by atoms with Gasteiger partial charge >= 0.3 is 6.03 Å². The van der Waals surface area contributed by atoms with Crippen molar-refractivity contribution >= 4 is 17.4 Å². The van der Waals surface area contributed by atoms with Gasteiger partial charge in [0.1, 0.15) is 0 Å². The number of hydrogen-bond acceptors (Lipinski definition) is 4. The van der Waals surface area contributed by atoms with Gasteiger partial charge in [-0.3, -0.25) is 4.98 Å². The third-order valence-electron chi connectivity index (χ3n) is 1.97. The average Bonchev–Trinajstić information content (AvgIpc) is 2.26. The van der Waals surface area contributed by atoms with Crippen molar-refractivity contribution in [1.82, 2.24) is 15.2 Å². The summed E-state index contributed by atoms with van der Waals surface area (Å²) in [4.78, 5) is 16.5. The normalized spacial score (nSPS) is 9.62. The molecule has 6 heteroatoms. The van der Waals surface area contributed by atoms with Crippen molar-refractivity contribution in [1.29, 1.82) is 0 Å². The third kappa shape index (κ3) is 3.64. The number of nitrogens with two attached hydrogens (primary N) is 1. The molecule has 0 fully saturated rings. The molecular formula is C10H17N5O. The highest BCUT2D eigenvalue weighted by atomic mass is 16.2. The molecule has 16 heavy (non-hydrogen) atoms. The van der Waals surface area contributed by atoms with E-state index in [9.17, 15) is 4.79 Å². The van der Waals surface area contributed by atoms with Gasteiger partial charge in [0.05, 0.1) is 17.6 Å². The van der Waals surface area contributed by atoms with Crippen LogP contribution in [0.3, 0.4) is 0 Å². The van der Waals surface area contributed by atoms with Gasteiger partial charge in [-0.2, -0.15) is 0 Å². The van der Waals surface area contributed by atoms with Gasteiger partial charge in [0.2, 0.25) is 0 Å². The number of amides is 2. The Morgan fingerprint density at radius 2 is 2.25 bits per heavy atom. The summed E-state index contributed by atoms with van der Waals surface area (Å²) in [6.07, 6.45) is 3.25. The SMILES string of the molecule is CN(C)C(=O)NCCNc1ccncc1N. The maximum Gasteiger partial charge on any atom is 0.316 e. The average molecular weight is 223 g/mol. The van der Waals surface area contributed by atoms with Crippen molar-refractivity contribution in [2.75, 3.05) is 38.2 Å². The smallest absolute Gasteiger partial charge is 0.316 e. The van der Waals surface area contributed by atoms with Gasteiger partial charge < -0.3 is 21.3 Å². The predicted molar refractivity (Wildman–Crippen MR) is 64.2 cm³/mol. The van der Waals surface area contributed by atoms with Crippen molar-refractivity contribution in [3.8, 4) is 0 Å². The Balaban J connectivity index is 2.26. The number of nitrogens with one attached hydrogen (secondary N) is 2. The zero-order valence-corrected chi connectivity index (χ0v) is 9.53. The van der Waals surface area contributed by atoms with E-state index >= 15 is 0 Å². The van der Waals surface area contributed by atoms with Crippen LogP contribution in [0.5, 0.6) is 0 Å². The molecule has 1 aromatic rings. The lowest BCUT2D eigenvalue weighted by Gasteiger charge is -2.13. The van der Waals surface area contributed by atoms with Crippen molar-refractivity contribution in [2.45, 2.75) is 0 Å². The first-order valence-electron chi connectivity index (χ1n) is 5.00. The summed E-state index contributed by atoms with van der Waals surface area (Å²) in [6, 6.07) is 1.69. The lowest BCUT2D eigenvalue weighted by Crippen LogP contribution is -2.37. The van der Waals surface area contributed by atoms with E-state index in [4.69, 9.17) is 5.73 Å². The number of carbonyl (C=O) groups is 1. The van der Waals surface area contributed by atoms with Crippen molar-refractivity contribution in [3.05, 3.63) is 18.5 Å². The fraction of sp³-hybridized carbons (Fsp3) is 0.400. The van der Waals surface area contributed by atoms with Gasteiger partial charge in [-0.15, -0.1) is 0 Å². The van der Waals surface area contributed by atoms with Crippen LogP contribution in [0.25, 0.3) is 0 Å². The van der Waals surface area contributed by atoms with Gasteiger partial charge in [0.25, 0.3) is 0 Å². The molecule has 0 unspecified atom stereocenters. The Morgan fingerprint density at radius 1 is 1.50 bits per heavy atom. The van der Waals surface area contributed by atoms with E-state index in [2.05, 4.69) is 15.6 Å². The summed E-state index contributed by atoms with van der Waals surface area (Å²) in [5.74, 6) is 0. The van der Waals surface area contributed by atoms with Crippen LogP contribution in [-0.4, -0.2) is 43.1 Å². The summed E-state index contributed by atoms with van der Waals surface area (Å²) in [7, 11) is 3.40.